The summed E-state index contributed by atoms with van der Waals surface area (Å²) in [5.41, 5.74) is 1.90. The van der Waals surface area contributed by atoms with E-state index in [-0.39, 0.29) is 17.9 Å². The van der Waals surface area contributed by atoms with E-state index < -0.39 is 0 Å². The van der Waals surface area contributed by atoms with Crippen LogP contribution in [0.15, 0.2) is 42.7 Å². The number of nitrogens with one attached hydrogen (secondary N) is 1. The molecular weight excluding hydrogens is 446 g/mol. The lowest BCUT2D eigenvalue weighted by Crippen LogP contribution is -2.50. The Morgan fingerprint density at radius 1 is 1.03 bits per heavy atom. The molecule has 1 N–H and O–H groups in total. The van der Waals surface area contributed by atoms with Crippen molar-refractivity contribution < 1.29 is 19.0 Å². The number of aromatic nitrogens is 2. The molecule has 182 valence electrons. The number of piperazine rings is 1. The number of carbonyl (C=O) groups is 1. The van der Waals surface area contributed by atoms with Crippen molar-refractivity contribution in [1.82, 2.24) is 20.2 Å². The molecule has 1 unspecified atom stereocenters. The van der Waals surface area contributed by atoms with Gasteiger partial charge in [-0.25, -0.2) is 9.97 Å². The highest BCUT2D eigenvalue weighted by Crippen LogP contribution is 2.36. The Labute approximate surface area is 204 Å². The lowest BCUT2D eigenvalue weighted by molar-refractivity contribution is -0.120. The van der Waals surface area contributed by atoms with Gasteiger partial charge in [-0.2, -0.15) is 0 Å². The fourth-order valence-corrected chi connectivity index (χ4v) is 5.29. The van der Waals surface area contributed by atoms with Crippen molar-refractivity contribution >= 4 is 22.6 Å². The van der Waals surface area contributed by atoms with Crippen LogP contribution in [-0.2, 0) is 4.79 Å². The van der Waals surface area contributed by atoms with Crippen molar-refractivity contribution in [2.45, 2.75) is 18.4 Å². The van der Waals surface area contributed by atoms with Crippen LogP contribution in [0.2, 0.25) is 0 Å². The van der Waals surface area contributed by atoms with Gasteiger partial charge in [0.15, 0.2) is 11.5 Å². The number of benzene rings is 2. The summed E-state index contributed by atoms with van der Waals surface area (Å²) >= 11 is 0. The van der Waals surface area contributed by atoms with Gasteiger partial charge in [-0.1, -0.05) is 6.07 Å². The van der Waals surface area contributed by atoms with E-state index >= 15 is 0 Å². The Kier molecular flexibility index (Phi) is 5.77. The summed E-state index contributed by atoms with van der Waals surface area (Å²) in [5.74, 6) is 3.17. The Hall–Kier alpha value is -3.59. The summed E-state index contributed by atoms with van der Waals surface area (Å²) in [6.07, 6.45) is 2.41. The summed E-state index contributed by atoms with van der Waals surface area (Å²) in [6, 6.07) is 11.9. The van der Waals surface area contributed by atoms with Gasteiger partial charge in [-0.3, -0.25) is 9.69 Å². The monoisotopic (exact) mass is 475 g/mol. The molecule has 0 bridgehead atoms. The molecule has 0 aliphatic carbocycles. The zero-order valence-electron chi connectivity index (χ0n) is 19.8. The topological polar surface area (TPSA) is 89.1 Å². The first-order valence-electron chi connectivity index (χ1n) is 12.1. The average Bonchev–Trinajstić information content (AvgIpc) is 3.27. The molecule has 2 aromatic carbocycles. The molecule has 1 aromatic heterocycles. The van der Waals surface area contributed by atoms with Gasteiger partial charge < -0.3 is 24.4 Å². The number of methoxy groups -OCH3 is 1. The van der Waals surface area contributed by atoms with Crippen LogP contribution < -0.4 is 24.4 Å². The maximum absolute atomic E-state index is 12.8. The van der Waals surface area contributed by atoms with E-state index in [0.29, 0.717) is 13.2 Å². The Balaban J connectivity index is 1.08. The molecule has 2 fully saturated rings. The van der Waals surface area contributed by atoms with E-state index in [9.17, 15) is 4.79 Å². The van der Waals surface area contributed by atoms with E-state index in [4.69, 9.17) is 14.2 Å². The zero-order chi connectivity index (χ0) is 23.8. The minimum Gasteiger partial charge on any atom is -0.497 e. The molecule has 0 radical (unpaired) electrons. The van der Waals surface area contributed by atoms with Crippen LogP contribution in [0, 0.1) is 0 Å². The van der Waals surface area contributed by atoms with Crippen LogP contribution >= 0.6 is 0 Å². The van der Waals surface area contributed by atoms with Gasteiger partial charge in [-0.05, 0) is 42.3 Å². The number of carbonyl (C=O) groups excluding carboxylic acids is 1. The van der Waals surface area contributed by atoms with E-state index in [1.807, 2.05) is 36.4 Å². The van der Waals surface area contributed by atoms with Gasteiger partial charge in [0.2, 0.25) is 5.91 Å². The Morgan fingerprint density at radius 3 is 2.69 bits per heavy atom. The van der Waals surface area contributed by atoms with Crippen molar-refractivity contribution in [3.05, 3.63) is 48.3 Å². The fourth-order valence-electron chi connectivity index (χ4n) is 5.29. The van der Waals surface area contributed by atoms with Crippen LogP contribution in [0.3, 0.4) is 0 Å². The number of fused-ring (bicyclic) bond motifs is 2. The third-order valence-electron chi connectivity index (χ3n) is 7.12. The maximum atomic E-state index is 12.8. The minimum absolute atomic E-state index is 0.0896. The molecule has 3 aromatic rings. The van der Waals surface area contributed by atoms with Crippen LogP contribution in [0.4, 0.5) is 5.82 Å². The standard InChI is InChI=1S/C26H29N5O4/c1-33-19-3-4-22-21(14-19)25(28-16-27-22)31-8-6-30(7-9-31)15-18-13-20(26(32)29-18)17-2-5-23-24(12-17)35-11-10-34-23/h2-5,12,14,16,18,20H,6-11,13,15H2,1H3,(H,29,32)/t18?,20-/m1/s1. The second kappa shape index (κ2) is 9.22. The number of amides is 1. The first-order valence-corrected chi connectivity index (χ1v) is 12.1. The second-order valence-electron chi connectivity index (χ2n) is 9.26. The SMILES string of the molecule is COc1ccc2ncnc(N3CCN(CC4C[C@H](c5ccc6c(c5)OCCO6)C(=O)N4)CC3)c2c1. The minimum atomic E-state index is -0.153. The summed E-state index contributed by atoms with van der Waals surface area (Å²) in [6.45, 7) is 5.52. The quantitative estimate of drug-likeness (QED) is 0.601. The lowest BCUT2D eigenvalue weighted by Gasteiger charge is -2.36. The van der Waals surface area contributed by atoms with Crippen LogP contribution in [0.1, 0.15) is 17.9 Å². The van der Waals surface area contributed by atoms with Gasteiger partial charge in [0, 0.05) is 44.2 Å². The summed E-state index contributed by atoms with van der Waals surface area (Å²) in [4.78, 5) is 26.5. The van der Waals surface area contributed by atoms with Crippen molar-refractivity contribution in [2.24, 2.45) is 0 Å². The molecule has 1 amide bonds. The third kappa shape index (κ3) is 4.32. The molecule has 35 heavy (non-hydrogen) atoms. The van der Waals surface area contributed by atoms with Crippen LogP contribution in [0.5, 0.6) is 17.2 Å². The smallest absolute Gasteiger partial charge is 0.227 e. The summed E-state index contributed by atoms with van der Waals surface area (Å²) < 4.78 is 16.7. The largest absolute Gasteiger partial charge is 0.497 e. The van der Waals surface area contributed by atoms with Gasteiger partial charge >= 0.3 is 0 Å². The lowest BCUT2D eigenvalue weighted by atomic mass is 9.95. The number of rotatable bonds is 5. The molecule has 4 heterocycles. The molecule has 0 spiro atoms. The molecule has 9 nitrogen and oxygen atoms in total. The molecule has 6 rings (SSSR count). The molecule has 2 saturated heterocycles. The Morgan fingerprint density at radius 2 is 1.86 bits per heavy atom. The van der Waals surface area contributed by atoms with Crippen LogP contribution in [-0.4, -0.2) is 79.9 Å². The van der Waals surface area contributed by atoms with E-state index in [1.165, 1.54) is 0 Å². The van der Waals surface area contributed by atoms with Gasteiger partial charge in [0.25, 0.3) is 0 Å². The van der Waals surface area contributed by atoms with Gasteiger partial charge in [0.05, 0.1) is 18.5 Å². The average molecular weight is 476 g/mol. The first-order chi connectivity index (χ1) is 17.2. The van der Waals surface area contributed by atoms with Crippen molar-refractivity contribution in [3.8, 4) is 17.2 Å². The van der Waals surface area contributed by atoms with Crippen molar-refractivity contribution in [1.29, 1.82) is 0 Å². The normalized spacial score (nSPS) is 22.3. The van der Waals surface area contributed by atoms with Gasteiger partial charge in [-0.15, -0.1) is 0 Å². The highest BCUT2D eigenvalue weighted by Gasteiger charge is 2.35. The van der Waals surface area contributed by atoms with Crippen LogP contribution in [0.25, 0.3) is 10.9 Å². The van der Waals surface area contributed by atoms with Crippen molar-refractivity contribution in [2.75, 3.05) is 57.9 Å². The number of nitrogens with zero attached hydrogens (tertiary/aromatic N) is 4. The molecule has 9 heteroatoms. The molecule has 3 aliphatic rings. The number of ether oxygens (including phenoxy) is 3. The molecule has 2 atom stereocenters. The molecule has 0 saturated carbocycles. The predicted molar refractivity (Wildman–Crippen MR) is 131 cm³/mol. The zero-order valence-corrected chi connectivity index (χ0v) is 19.8. The number of hydrogen-bond acceptors (Lipinski definition) is 8. The third-order valence-corrected chi connectivity index (χ3v) is 7.12. The highest BCUT2D eigenvalue weighted by atomic mass is 16.6. The van der Waals surface area contributed by atoms with E-state index in [2.05, 4.69) is 25.1 Å². The summed E-state index contributed by atoms with van der Waals surface area (Å²) in [5, 5.41) is 4.21. The Bertz CT molecular complexity index is 1240. The van der Waals surface area contributed by atoms with Crippen molar-refractivity contribution in [3.63, 3.8) is 0 Å². The highest BCUT2D eigenvalue weighted by molar-refractivity contribution is 5.90. The summed E-state index contributed by atoms with van der Waals surface area (Å²) in [7, 11) is 1.67. The predicted octanol–water partition coefficient (Wildman–Crippen LogP) is 2.20. The van der Waals surface area contributed by atoms with E-state index in [0.717, 1.165) is 78.7 Å². The van der Waals surface area contributed by atoms with E-state index in [1.54, 1.807) is 13.4 Å². The fraction of sp³-hybridized carbons (Fsp3) is 0.423. The first kappa shape index (κ1) is 21.9. The second-order valence-corrected chi connectivity index (χ2v) is 9.26. The number of anilines is 1. The molecule has 3 aliphatic heterocycles. The maximum Gasteiger partial charge on any atom is 0.227 e. The number of hydrogen-bond donors (Lipinski definition) is 1. The van der Waals surface area contributed by atoms with Gasteiger partial charge in [0.1, 0.15) is 31.1 Å². The molecular formula is C26H29N5O4.